The molecule has 128 valence electrons. The number of rotatable bonds is 4. The summed E-state index contributed by atoms with van der Waals surface area (Å²) in [6.07, 6.45) is 1.26. The highest BCUT2D eigenvalue weighted by atomic mass is 16.6. The Hall–Kier alpha value is -2.61. The van der Waals surface area contributed by atoms with E-state index in [2.05, 4.69) is 21.3 Å². The van der Waals surface area contributed by atoms with Crippen molar-refractivity contribution in [3.05, 3.63) is 35.9 Å². The molecule has 2 aliphatic rings. The molecule has 0 radical (unpaired) electrons. The molecule has 2 amide bonds. The maximum atomic E-state index is 12.0. The van der Waals surface area contributed by atoms with Gasteiger partial charge < -0.3 is 4.74 Å². The first-order valence-electron chi connectivity index (χ1n) is 8.01. The standard InChI is InChI=1S/C16H21N5O3/c1-11-15(22)19-18-14(17-11)13-8-5-9-21(13)20-16(23)24-10-12-6-3-2-4-7-12/h2-4,6-7,11,13H,5,8-10H2,1H3,(H,17,18)(H,19,22)(H,20,23)/t11-,13?/m0/s1. The molecule has 1 saturated heterocycles. The predicted molar refractivity (Wildman–Crippen MR) is 87.7 cm³/mol. The van der Waals surface area contributed by atoms with Crippen LogP contribution in [0, 0.1) is 0 Å². The lowest BCUT2D eigenvalue weighted by Crippen LogP contribution is -2.58. The van der Waals surface area contributed by atoms with Crippen molar-refractivity contribution in [3.63, 3.8) is 0 Å². The molecule has 8 nitrogen and oxygen atoms in total. The summed E-state index contributed by atoms with van der Waals surface area (Å²) in [5.41, 5.74) is 9.10. The SMILES string of the molecule is C[C@@H]1N=C(C2CCCN2NC(=O)OCc2ccccc2)NNC1=O. The first-order chi connectivity index (χ1) is 11.6. The number of hydrazine groups is 2. The Labute approximate surface area is 140 Å². The first-order valence-corrected chi connectivity index (χ1v) is 8.01. The van der Waals surface area contributed by atoms with E-state index in [9.17, 15) is 9.59 Å². The van der Waals surface area contributed by atoms with Gasteiger partial charge in [-0.15, -0.1) is 0 Å². The van der Waals surface area contributed by atoms with Crippen LogP contribution in [0.4, 0.5) is 4.79 Å². The molecular formula is C16H21N5O3. The number of nitrogens with one attached hydrogen (secondary N) is 3. The molecular weight excluding hydrogens is 310 g/mol. The summed E-state index contributed by atoms with van der Waals surface area (Å²) in [7, 11) is 0. The molecule has 0 aliphatic carbocycles. The van der Waals surface area contributed by atoms with E-state index < -0.39 is 12.1 Å². The van der Waals surface area contributed by atoms with Crippen LogP contribution in [0.3, 0.4) is 0 Å². The zero-order chi connectivity index (χ0) is 16.9. The molecule has 0 bridgehead atoms. The second-order valence-electron chi connectivity index (χ2n) is 5.83. The number of nitrogens with zero attached hydrogens (tertiary/aromatic N) is 2. The molecule has 1 unspecified atom stereocenters. The Kier molecular flexibility index (Phi) is 4.95. The molecule has 0 spiro atoms. The number of amidine groups is 1. The molecule has 8 heteroatoms. The summed E-state index contributed by atoms with van der Waals surface area (Å²) >= 11 is 0. The zero-order valence-corrected chi connectivity index (χ0v) is 13.5. The Morgan fingerprint density at radius 1 is 1.38 bits per heavy atom. The van der Waals surface area contributed by atoms with Gasteiger partial charge in [0.05, 0.1) is 6.04 Å². The van der Waals surface area contributed by atoms with Crippen molar-refractivity contribution < 1.29 is 14.3 Å². The van der Waals surface area contributed by atoms with Crippen molar-refractivity contribution in [1.29, 1.82) is 0 Å². The van der Waals surface area contributed by atoms with E-state index in [1.165, 1.54) is 0 Å². The van der Waals surface area contributed by atoms with E-state index in [-0.39, 0.29) is 18.6 Å². The van der Waals surface area contributed by atoms with Crippen LogP contribution in [0.15, 0.2) is 35.3 Å². The summed E-state index contributed by atoms with van der Waals surface area (Å²) in [4.78, 5) is 27.8. The third kappa shape index (κ3) is 3.83. The minimum Gasteiger partial charge on any atom is -0.444 e. The third-order valence-corrected chi connectivity index (χ3v) is 4.04. The fourth-order valence-corrected chi connectivity index (χ4v) is 2.76. The minimum atomic E-state index is -0.501. The smallest absolute Gasteiger partial charge is 0.422 e. The van der Waals surface area contributed by atoms with Crippen molar-refractivity contribution in [1.82, 2.24) is 21.3 Å². The van der Waals surface area contributed by atoms with Crippen LogP contribution in [0.25, 0.3) is 0 Å². The van der Waals surface area contributed by atoms with Gasteiger partial charge in [-0.1, -0.05) is 30.3 Å². The fourth-order valence-electron chi connectivity index (χ4n) is 2.76. The largest absolute Gasteiger partial charge is 0.444 e. The average Bonchev–Trinajstić information content (AvgIpc) is 3.04. The van der Waals surface area contributed by atoms with Crippen LogP contribution in [0.2, 0.25) is 0 Å². The van der Waals surface area contributed by atoms with E-state index >= 15 is 0 Å². The van der Waals surface area contributed by atoms with Crippen LogP contribution in [0.5, 0.6) is 0 Å². The number of aliphatic imine (C=N–C) groups is 1. The lowest BCUT2D eigenvalue weighted by molar-refractivity contribution is -0.123. The van der Waals surface area contributed by atoms with E-state index in [1.807, 2.05) is 30.3 Å². The highest BCUT2D eigenvalue weighted by molar-refractivity contribution is 5.96. The first kappa shape index (κ1) is 16.3. The fraction of sp³-hybridized carbons (Fsp3) is 0.438. The number of ether oxygens (including phenoxy) is 1. The monoisotopic (exact) mass is 331 g/mol. The maximum Gasteiger partial charge on any atom is 0.422 e. The molecule has 0 saturated carbocycles. The Bertz CT molecular complexity index is 634. The molecule has 1 fully saturated rings. The number of amides is 2. The van der Waals surface area contributed by atoms with Crippen LogP contribution < -0.4 is 16.3 Å². The lowest BCUT2D eigenvalue weighted by atomic mass is 10.2. The second kappa shape index (κ2) is 7.31. The van der Waals surface area contributed by atoms with Crippen molar-refractivity contribution in [2.45, 2.75) is 38.5 Å². The van der Waals surface area contributed by atoms with Crippen LogP contribution >= 0.6 is 0 Å². The van der Waals surface area contributed by atoms with Gasteiger partial charge in [0, 0.05) is 6.54 Å². The van der Waals surface area contributed by atoms with Crippen molar-refractivity contribution in [2.24, 2.45) is 4.99 Å². The Balaban J connectivity index is 1.55. The van der Waals surface area contributed by atoms with E-state index in [1.54, 1.807) is 11.9 Å². The third-order valence-electron chi connectivity index (χ3n) is 4.04. The highest BCUT2D eigenvalue weighted by Crippen LogP contribution is 2.17. The number of benzene rings is 1. The van der Waals surface area contributed by atoms with E-state index in [0.717, 1.165) is 18.4 Å². The molecule has 2 heterocycles. The number of hydrogen-bond acceptors (Lipinski definition) is 6. The summed E-state index contributed by atoms with van der Waals surface area (Å²) in [5.74, 6) is 0.487. The predicted octanol–water partition coefficient (Wildman–Crippen LogP) is 0.714. The summed E-state index contributed by atoms with van der Waals surface area (Å²) < 4.78 is 5.24. The summed E-state index contributed by atoms with van der Waals surface area (Å²) in [6.45, 7) is 2.66. The molecule has 0 aromatic heterocycles. The Morgan fingerprint density at radius 2 is 2.17 bits per heavy atom. The van der Waals surface area contributed by atoms with E-state index in [4.69, 9.17) is 4.74 Å². The van der Waals surface area contributed by atoms with Gasteiger partial charge in [-0.05, 0) is 25.3 Å². The maximum absolute atomic E-state index is 12.0. The molecule has 24 heavy (non-hydrogen) atoms. The number of carbonyl (C=O) groups excluding carboxylic acids is 2. The van der Waals surface area contributed by atoms with Crippen LogP contribution in [-0.4, -0.2) is 41.5 Å². The molecule has 3 rings (SSSR count). The minimum absolute atomic E-state index is 0.0997. The normalized spacial score (nSPS) is 23.9. The van der Waals surface area contributed by atoms with Crippen molar-refractivity contribution in [2.75, 3.05) is 6.54 Å². The van der Waals surface area contributed by atoms with Crippen LogP contribution in [0.1, 0.15) is 25.3 Å². The van der Waals surface area contributed by atoms with Gasteiger partial charge in [0.2, 0.25) is 0 Å². The summed E-state index contributed by atoms with van der Waals surface area (Å²) in [6, 6.07) is 8.97. The average molecular weight is 331 g/mol. The van der Waals surface area contributed by atoms with E-state index in [0.29, 0.717) is 12.4 Å². The Morgan fingerprint density at radius 3 is 2.92 bits per heavy atom. The van der Waals surface area contributed by atoms with Gasteiger partial charge in [-0.25, -0.2) is 9.80 Å². The zero-order valence-electron chi connectivity index (χ0n) is 13.5. The van der Waals surface area contributed by atoms with Gasteiger partial charge in [-0.3, -0.25) is 26.1 Å². The number of hydrogen-bond donors (Lipinski definition) is 3. The molecule has 2 aliphatic heterocycles. The van der Waals surface area contributed by atoms with Crippen molar-refractivity contribution in [3.8, 4) is 0 Å². The van der Waals surface area contributed by atoms with Crippen LogP contribution in [-0.2, 0) is 16.1 Å². The molecule has 3 N–H and O–H groups in total. The number of carbonyl (C=O) groups is 2. The summed E-state index contributed by atoms with van der Waals surface area (Å²) in [5, 5.41) is 1.79. The second-order valence-corrected chi connectivity index (χ2v) is 5.83. The quantitative estimate of drug-likeness (QED) is 0.755. The topological polar surface area (TPSA) is 95.1 Å². The van der Waals surface area contributed by atoms with Gasteiger partial charge in [0.15, 0.2) is 0 Å². The van der Waals surface area contributed by atoms with Gasteiger partial charge in [0.25, 0.3) is 5.91 Å². The van der Waals surface area contributed by atoms with Crippen molar-refractivity contribution >= 4 is 17.8 Å². The highest BCUT2D eigenvalue weighted by Gasteiger charge is 2.33. The van der Waals surface area contributed by atoms with Gasteiger partial charge >= 0.3 is 6.09 Å². The van der Waals surface area contributed by atoms with Gasteiger partial charge in [0.1, 0.15) is 18.5 Å². The molecule has 2 atom stereocenters. The van der Waals surface area contributed by atoms with Gasteiger partial charge in [-0.2, -0.15) is 0 Å². The molecule has 1 aromatic carbocycles. The molecule has 1 aromatic rings. The lowest BCUT2D eigenvalue weighted by Gasteiger charge is -2.29.